The number of benzene rings is 1. The Bertz CT molecular complexity index is 456. The van der Waals surface area contributed by atoms with Crippen molar-refractivity contribution in [2.75, 3.05) is 0 Å². The number of Topliss-reactive ketones (excluding diaryl/α,β-unsaturated/α-hetero) is 1. The van der Waals surface area contributed by atoms with Gasteiger partial charge in [0, 0.05) is 12.0 Å². The summed E-state index contributed by atoms with van der Waals surface area (Å²) >= 11 is -2.01. The minimum absolute atomic E-state index is 0.117. The molecule has 1 aromatic carbocycles. The number of fused-ring (bicyclic) bond motifs is 1. The zero-order chi connectivity index (χ0) is 11.0. The van der Waals surface area contributed by atoms with Crippen LogP contribution in [0.2, 0.25) is 0 Å². The van der Waals surface area contributed by atoms with Crippen LogP contribution >= 0.6 is 0 Å². The second-order valence-electron chi connectivity index (χ2n) is 3.45. The monoisotopic (exact) mass is 228 g/mol. The Morgan fingerprint density at radius 1 is 1.40 bits per heavy atom. The van der Waals surface area contributed by atoms with Crippen LogP contribution in [0, 0.1) is 5.82 Å². The summed E-state index contributed by atoms with van der Waals surface area (Å²) in [5, 5.41) is 0. The molecule has 0 bridgehead atoms. The van der Waals surface area contributed by atoms with Gasteiger partial charge in [-0.25, -0.2) is 8.60 Å². The van der Waals surface area contributed by atoms with Gasteiger partial charge in [-0.2, -0.15) is 0 Å². The van der Waals surface area contributed by atoms with Gasteiger partial charge in [0.2, 0.25) is 0 Å². The molecular weight excluding hydrogens is 219 g/mol. The Morgan fingerprint density at radius 3 is 2.80 bits per heavy atom. The summed E-state index contributed by atoms with van der Waals surface area (Å²) in [7, 11) is 0. The number of ketones is 1. The van der Waals surface area contributed by atoms with Crippen LogP contribution in [0.3, 0.4) is 0 Å². The molecule has 1 atom stereocenters. The maximum absolute atomic E-state index is 13.3. The lowest BCUT2D eigenvalue weighted by Gasteiger charge is -2.05. The highest BCUT2D eigenvalue weighted by atomic mass is 32.2. The zero-order valence-corrected chi connectivity index (χ0v) is 8.64. The first-order valence-corrected chi connectivity index (χ1v) is 5.78. The van der Waals surface area contributed by atoms with Crippen LogP contribution in [-0.2, 0) is 23.3 Å². The summed E-state index contributed by atoms with van der Waals surface area (Å²) in [5.74, 6) is -0.651. The molecule has 1 N–H and O–H groups in total. The summed E-state index contributed by atoms with van der Waals surface area (Å²) < 4.78 is 32.7. The zero-order valence-electron chi connectivity index (χ0n) is 7.83. The molecule has 0 saturated carbocycles. The van der Waals surface area contributed by atoms with Crippen LogP contribution in [-0.4, -0.2) is 14.5 Å². The molecule has 0 aromatic heterocycles. The Hall–Kier alpha value is -1.07. The molecule has 80 valence electrons. The summed E-state index contributed by atoms with van der Waals surface area (Å²) in [6, 6.07) is 2.66. The van der Waals surface area contributed by atoms with Crippen LogP contribution < -0.4 is 0 Å². The van der Waals surface area contributed by atoms with Crippen molar-refractivity contribution in [3.63, 3.8) is 0 Å². The lowest BCUT2D eigenvalue weighted by Crippen LogP contribution is -2.03. The summed E-state index contributed by atoms with van der Waals surface area (Å²) in [6.45, 7) is 0. The number of rotatable bonds is 2. The smallest absolute Gasteiger partial charge is 0.163 e. The quantitative estimate of drug-likeness (QED) is 0.783. The van der Waals surface area contributed by atoms with Gasteiger partial charge in [-0.3, -0.25) is 4.79 Å². The fraction of sp³-hybridized carbons (Fsp3) is 0.300. The highest BCUT2D eigenvalue weighted by molar-refractivity contribution is 7.78. The number of hydrogen-bond donors (Lipinski definition) is 1. The average Bonchev–Trinajstić information content (AvgIpc) is 2.54. The van der Waals surface area contributed by atoms with Gasteiger partial charge in [-0.05, 0) is 23.6 Å². The molecule has 0 heterocycles. The van der Waals surface area contributed by atoms with Crippen molar-refractivity contribution in [3.8, 4) is 0 Å². The third-order valence-corrected chi connectivity index (χ3v) is 3.06. The molecule has 0 aliphatic heterocycles. The first-order chi connectivity index (χ1) is 7.09. The molecule has 0 radical (unpaired) electrons. The third kappa shape index (κ3) is 1.85. The number of hydrogen-bond acceptors (Lipinski definition) is 2. The second kappa shape index (κ2) is 3.83. The number of carbonyl (C=O) groups excluding carboxylic acids is 1. The Labute approximate surface area is 88.6 Å². The van der Waals surface area contributed by atoms with Gasteiger partial charge < -0.3 is 4.55 Å². The van der Waals surface area contributed by atoms with Gasteiger partial charge in [-0.15, -0.1) is 0 Å². The SMILES string of the molecule is O=C1CCc2c(F)ccc(CS(=O)O)c21. The number of carbonyl (C=O) groups is 1. The third-order valence-electron chi connectivity index (χ3n) is 2.50. The van der Waals surface area contributed by atoms with E-state index in [9.17, 15) is 13.4 Å². The van der Waals surface area contributed by atoms with Gasteiger partial charge in [0.05, 0.1) is 5.75 Å². The fourth-order valence-electron chi connectivity index (χ4n) is 1.88. The first-order valence-electron chi connectivity index (χ1n) is 4.50. The molecule has 2 rings (SSSR count). The van der Waals surface area contributed by atoms with Gasteiger partial charge in [-0.1, -0.05) is 6.07 Å². The Morgan fingerprint density at radius 2 is 2.13 bits per heavy atom. The second-order valence-corrected chi connectivity index (χ2v) is 4.38. The van der Waals surface area contributed by atoms with Crippen LogP contribution in [0.4, 0.5) is 4.39 Å². The van der Waals surface area contributed by atoms with E-state index in [1.165, 1.54) is 12.1 Å². The van der Waals surface area contributed by atoms with Gasteiger partial charge >= 0.3 is 0 Å². The minimum atomic E-state index is -2.01. The standard InChI is InChI=1S/C10H9FO3S/c11-8-3-1-6(5-15(13)14)10-7(8)2-4-9(10)12/h1,3H,2,4-5H2,(H,13,14). The molecule has 3 nitrogen and oxygen atoms in total. The minimum Gasteiger partial charge on any atom is -0.306 e. The predicted octanol–water partition coefficient (Wildman–Crippen LogP) is 1.68. The van der Waals surface area contributed by atoms with E-state index in [1.54, 1.807) is 0 Å². The molecule has 1 aliphatic carbocycles. The summed E-state index contributed by atoms with van der Waals surface area (Å²) in [6.07, 6.45) is 0.688. The molecule has 1 aromatic rings. The molecule has 5 heteroatoms. The lowest BCUT2D eigenvalue weighted by molar-refractivity contribution is 0.0994. The van der Waals surface area contributed by atoms with Crippen LogP contribution in [0.1, 0.15) is 27.9 Å². The maximum Gasteiger partial charge on any atom is 0.163 e. The first kappa shape index (κ1) is 10.4. The van der Waals surface area contributed by atoms with Crippen LogP contribution in [0.25, 0.3) is 0 Å². The van der Waals surface area contributed by atoms with E-state index >= 15 is 0 Å². The average molecular weight is 228 g/mol. The molecule has 0 fully saturated rings. The van der Waals surface area contributed by atoms with E-state index in [0.29, 0.717) is 29.5 Å². The molecule has 0 spiro atoms. The van der Waals surface area contributed by atoms with Crippen molar-refractivity contribution in [2.45, 2.75) is 18.6 Å². The Balaban J connectivity index is 2.54. The van der Waals surface area contributed by atoms with Gasteiger partial charge in [0.25, 0.3) is 0 Å². The maximum atomic E-state index is 13.3. The molecule has 1 unspecified atom stereocenters. The van der Waals surface area contributed by atoms with Crippen molar-refractivity contribution < 1.29 is 17.9 Å². The topological polar surface area (TPSA) is 54.4 Å². The van der Waals surface area contributed by atoms with Crippen molar-refractivity contribution in [1.82, 2.24) is 0 Å². The van der Waals surface area contributed by atoms with Gasteiger partial charge in [0.1, 0.15) is 5.82 Å². The van der Waals surface area contributed by atoms with E-state index < -0.39 is 16.9 Å². The summed E-state index contributed by atoms with van der Waals surface area (Å²) in [4.78, 5) is 11.5. The van der Waals surface area contributed by atoms with Gasteiger partial charge in [0.15, 0.2) is 16.9 Å². The van der Waals surface area contributed by atoms with Crippen LogP contribution in [0.5, 0.6) is 0 Å². The highest BCUT2D eigenvalue weighted by Gasteiger charge is 2.26. The summed E-state index contributed by atoms with van der Waals surface area (Å²) in [5.41, 5.74) is 1.18. The Kier molecular flexibility index (Phi) is 2.67. The van der Waals surface area contributed by atoms with E-state index in [4.69, 9.17) is 4.55 Å². The van der Waals surface area contributed by atoms with E-state index in [0.717, 1.165) is 0 Å². The van der Waals surface area contributed by atoms with E-state index in [-0.39, 0.29) is 11.5 Å². The lowest BCUT2D eigenvalue weighted by atomic mass is 10.0. The van der Waals surface area contributed by atoms with Crippen molar-refractivity contribution in [2.24, 2.45) is 0 Å². The molecule has 1 aliphatic rings. The predicted molar refractivity (Wildman–Crippen MR) is 53.5 cm³/mol. The fourth-order valence-corrected chi connectivity index (χ4v) is 2.39. The van der Waals surface area contributed by atoms with E-state index in [1.807, 2.05) is 0 Å². The van der Waals surface area contributed by atoms with Crippen LogP contribution in [0.15, 0.2) is 12.1 Å². The highest BCUT2D eigenvalue weighted by Crippen LogP contribution is 2.28. The van der Waals surface area contributed by atoms with Crippen molar-refractivity contribution in [3.05, 3.63) is 34.6 Å². The van der Waals surface area contributed by atoms with Crippen molar-refractivity contribution in [1.29, 1.82) is 0 Å². The molecular formula is C10H9FO3S. The van der Waals surface area contributed by atoms with Crippen molar-refractivity contribution >= 4 is 16.9 Å². The normalized spacial score (nSPS) is 16.5. The molecule has 15 heavy (non-hydrogen) atoms. The van der Waals surface area contributed by atoms with E-state index in [2.05, 4.69) is 0 Å². The number of halogens is 1. The largest absolute Gasteiger partial charge is 0.306 e. The molecule has 0 amide bonds. The molecule has 0 saturated heterocycles.